The number of methoxy groups -OCH3 is 3. The van der Waals surface area contributed by atoms with E-state index < -0.39 is 0 Å². The molecular formula is C26H28N2O4S. The van der Waals surface area contributed by atoms with Gasteiger partial charge in [-0.1, -0.05) is 24.3 Å². The van der Waals surface area contributed by atoms with Gasteiger partial charge in [-0.15, -0.1) is 11.3 Å². The highest BCUT2D eigenvalue weighted by Gasteiger charge is 2.20. The van der Waals surface area contributed by atoms with Gasteiger partial charge in [-0.25, -0.2) is 0 Å². The molecule has 0 aliphatic carbocycles. The van der Waals surface area contributed by atoms with Crippen molar-refractivity contribution in [3.63, 3.8) is 0 Å². The van der Waals surface area contributed by atoms with Crippen molar-refractivity contribution in [3.8, 4) is 17.2 Å². The lowest BCUT2D eigenvalue weighted by Gasteiger charge is -2.17. The van der Waals surface area contributed by atoms with Crippen molar-refractivity contribution in [2.45, 2.75) is 18.8 Å². The van der Waals surface area contributed by atoms with Crippen molar-refractivity contribution in [3.05, 3.63) is 76.1 Å². The Morgan fingerprint density at radius 3 is 2.45 bits per heavy atom. The number of thiophene rings is 1. The summed E-state index contributed by atoms with van der Waals surface area (Å²) in [4.78, 5) is 17.3. The Labute approximate surface area is 197 Å². The number of aromatic nitrogens is 1. The van der Waals surface area contributed by atoms with Crippen molar-refractivity contribution in [2.75, 3.05) is 27.9 Å². The van der Waals surface area contributed by atoms with E-state index in [4.69, 9.17) is 14.2 Å². The van der Waals surface area contributed by atoms with Gasteiger partial charge in [0, 0.05) is 40.9 Å². The van der Waals surface area contributed by atoms with E-state index in [1.807, 2.05) is 30.3 Å². The summed E-state index contributed by atoms with van der Waals surface area (Å²) in [5.41, 5.74) is 3.24. The lowest BCUT2D eigenvalue weighted by atomic mass is 9.96. The molecule has 33 heavy (non-hydrogen) atoms. The Balaban J connectivity index is 1.45. The van der Waals surface area contributed by atoms with Gasteiger partial charge >= 0.3 is 0 Å². The molecule has 0 radical (unpaired) electrons. The van der Waals surface area contributed by atoms with Crippen LogP contribution in [0.4, 0.5) is 0 Å². The largest absolute Gasteiger partial charge is 0.493 e. The number of carbonyl (C=O) groups excluding carboxylic acids is 1. The van der Waals surface area contributed by atoms with Crippen molar-refractivity contribution in [2.24, 2.45) is 0 Å². The van der Waals surface area contributed by atoms with Gasteiger partial charge in [0.15, 0.2) is 11.5 Å². The molecule has 0 fully saturated rings. The van der Waals surface area contributed by atoms with Crippen LogP contribution in [0.3, 0.4) is 0 Å². The van der Waals surface area contributed by atoms with Crippen LogP contribution in [0, 0.1) is 0 Å². The summed E-state index contributed by atoms with van der Waals surface area (Å²) in [6.07, 6.45) is 2.99. The monoisotopic (exact) mass is 464 g/mol. The van der Waals surface area contributed by atoms with Crippen molar-refractivity contribution in [1.82, 2.24) is 10.3 Å². The zero-order valence-electron chi connectivity index (χ0n) is 19.0. The molecule has 1 amide bonds. The lowest BCUT2D eigenvalue weighted by Crippen LogP contribution is -2.28. The number of rotatable bonds is 10. The Morgan fingerprint density at radius 2 is 1.79 bits per heavy atom. The van der Waals surface area contributed by atoms with Gasteiger partial charge in [0.2, 0.25) is 11.7 Å². The SMILES string of the molecule is COc1cc(CCC(=O)NCC(c2cccs2)c2c[nH]c3ccccc23)cc(OC)c1OC. The van der Waals surface area contributed by atoms with Crippen LogP contribution < -0.4 is 19.5 Å². The molecule has 4 rings (SSSR count). The molecule has 2 aromatic heterocycles. The molecule has 0 aliphatic heterocycles. The molecule has 2 N–H and O–H groups in total. The number of aryl methyl sites for hydroxylation is 1. The number of carbonyl (C=O) groups is 1. The fourth-order valence-corrected chi connectivity index (χ4v) is 4.92. The molecule has 2 aromatic carbocycles. The van der Waals surface area contributed by atoms with Crippen LogP contribution >= 0.6 is 11.3 Å². The maximum absolute atomic E-state index is 12.8. The quantitative estimate of drug-likeness (QED) is 0.341. The summed E-state index contributed by atoms with van der Waals surface area (Å²) < 4.78 is 16.2. The van der Waals surface area contributed by atoms with Crippen molar-refractivity contribution < 1.29 is 19.0 Å². The third kappa shape index (κ3) is 4.98. The van der Waals surface area contributed by atoms with E-state index in [0.29, 0.717) is 36.6 Å². The summed E-state index contributed by atoms with van der Waals surface area (Å²) >= 11 is 1.71. The van der Waals surface area contributed by atoms with Crippen LogP contribution in [-0.2, 0) is 11.2 Å². The molecule has 0 saturated carbocycles. The van der Waals surface area contributed by atoms with Crippen LogP contribution in [-0.4, -0.2) is 38.8 Å². The number of H-pyrrole nitrogens is 1. The molecule has 6 nitrogen and oxygen atoms in total. The highest BCUT2D eigenvalue weighted by Crippen LogP contribution is 2.38. The minimum absolute atomic E-state index is 0.00477. The first kappa shape index (κ1) is 22.7. The van der Waals surface area contributed by atoms with Gasteiger partial charge in [0.1, 0.15) is 0 Å². The van der Waals surface area contributed by atoms with Crippen LogP contribution in [0.1, 0.15) is 28.3 Å². The Morgan fingerprint density at radius 1 is 1.03 bits per heavy atom. The normalized spacial score (nSPS) is 11.8. The van der Waals surface area contributed by atoms with Crippen LogP contribution in [0.2, 0.25) is 0 Å². The number of aromatic amines is 1. The van der Waals surface area contributed by atoms with Gasteiger partial charge in [-0.2, -0.15) is 0 Å². The molecule has 1 unspecified atom stereocenters. The van der Waals surface area contributed by atoms with E-state index in [1.165, 1.54) is 15.8 Å². The molecule has 1 atom stereocenters. The first-order valence-corrected chi connectivity index (χ1v) is 11.7. The lowest BCUT2D eigenvalue weighted by molar-refractivity contribution is -0.121. The van der Waals surface area contributed by atoms with E-state index in [9.17, 15) is 4.79 Å². The van der Waals surface area contributed by atoms with Crippen LogP contribution in [0.15, 0.2) is 60.1 Å². The van der Waals surface area contributed by atoms with Crippen LogP contribution in [0.25, 0.3) is 10.9 Å². The number of fused-ring (bicyclic) bond motifs is 1. The van der Waals surface area contributed by atoms with Gasteiger partial charge in [0.25, 0.3) is 0 Å². The maximum atomic E-state index is 12.8. The van der Waals surface area contributed by atoms with Gasteiger partial charge in [-0.05, 0) is 47.2 Å². The second-order valence-electron chi connectivity index (χ2n) is 7.70. The average Bonchev–Trinajstić information content (AvgIpc) is 3.53. The molecule has 7 heteroatoms. The summed E-state index contributed by atoms with van der Waals surface area (Å²) in [6.45, 7) is 0.538. The minimum atomic E-state index is 0.00477. The molecule has 0 spiro atoms. The summed E-state index contributed by atoms with van der Waals surface area (Å²) in [6, 6.07) is 16.2. The van der Waals surface area contributed by atoms with E-state index >= 15 is 0 Å². The summed E-state index contributed by atoms with van der Waals surface area (Å²) in [5.74, 6) is 1.82. The van der Waals surface area contributed by atoms with Gasteiger partial charge in [0.05, 0.1) is 21.3 Å². The third-order valence-corrected chi connectivity index (χ3v) is 6.74. The van der Waals surface area contributed by atoms with Gasteiger partial charge in [-0.3, -0.25) is 4.79 Å². The molecule has 0 aliphatic rings. The van der Waals surface area contributed by atoms with E-state index in [0.717, 1.165) is 11.1 Å². The van der Waals surface area contributed by atoms with Crippen LogP contribution in [0.5, 0.6) is 17.2 Å². The fraction of sp³-hybridized carbons (Fsp3) is 0.269. The first-order chi connectivity index (χ1) is 16.1. The topological polar surface area (TPSA) is 72.6 Å². The first-order valence-electron chi connectivity index (χ1n) is 10.8. The number of benzene rings is 2. The predicted molar refractivity (Wildman–Crippen MR) is 132 cm³/mol. The Kier molecular flexibility index (Phi) is 7.19. The minimum Gasteiger partial charge on any atom is -0.493 e. The number of nitrogens with one attached hydrogen (secondary N) is 2. The van der Waals surface area contributed by atoms with Crippen molar-refractivity contribution >= 4 is 28.1 Å². The standard InChI is InChI=1S/C26H28N2O4S/c1-30-22-13-17(14-23(31-2)26(22)32-3)10-11-25(29)28-16-20(24-9-6-12-33-24)19-15-27-21-8-5-4-7-18(19)21/h4-9,12-15,20,27H,10-11,16H2,1-3H3,(H,28,29). The summed E-state index contributed by atoms with van der Waals surface area (Å²) in [7, 11) is 4.75. The van der Waals surface area contributed by atoms with E-state index in [-0.39, 0.29) is 11.8 Å². The van der Waals surface area contributed by atoms with E-state index in [1.54, 1.807) is 32.7 Å². The molecule has 172 valence electrons. The second-order valence-corrected chi connectivity index (χ2v) is 8.67. The average molecular weight is 465 g/mol. The highest BCUT2D eigenvalue weighted by molar-refractivity contribution is 7.10. The predicted octanol–water partition coefficient (Wildman–Crippen LogP) is 5.14. The molecule has 4 aromatic rings. The molecule has 2 heterocycles. The van der Waals surface area contributed by atoms with E-state index in [2.05, 4.69) is 40.1 Å². The zero-order valence-corrected chi connectivity index (χ0v) is 19.8. The third-order valence-electron chi connectivity index (χ3n) is 5.75. The zero-order chi connectivity index (χ0) is 23.2. The number of amides is 1. The fourth-order valence-electron chi connectivity index (χ4n) is 4.08. The Bertz CT molecular complexity index is 1190. The maximum Gasteiger partial charge on any atom is 0.220 e. The number of hydrogen-bond donors (Lipinski definition) is 2. The van der Waals surface area contributed by atoms with Gasteiger partial charge < -0.3 is 24.5 Å². The molecule has 0 saturated heterocycles. The highest BCUT2D eigenvalue weighted by atomic mass is 32.1. The number of ether oxygens (including phenoxy) is 3. The smallest absolute Gasteiger partial charge is 0.220 e. The molecule has 0 bridgehead atoms. The summed E-state index contributed by atoms with van der Waals surface area (Å²) in [5, 5.41) is 6.40. The second kappa shape index (κ2) is 10.4. The number of hydrogen-bond acceptors (Lipinski definition) is 5. The Hall–Kier alpha value is -3.45. The number of para-hydroxylation sites is 1. The van der Waals surface area contributed by atoms with Crippen molar-refractivity contribution in [1.29, 1.82) is 0 Å². The molecular weight excluding hydrogens is 436 g/mol.